The van der Waals surface area contributed by atoms with Gasteiger partial charge in [0.1, 0.15) is 0 Å². The minimum Gasteiger partial charge on any atom is -0.399 e. The summed E-state index contributed by atoms with van der Waals surface area (Å²) in [5, 5.41) is 1.09. The largest absolute Gasteiger partial charge is 0.399 e. The number of unbranched alkanes of at least 4 members (excludes halogenated alkanes) is 2. The Bertz CT molecular complexity index is 880. The van der Waals surface area contributed by atoms with Crippen molar-refractivity contribution in [2.45, 2.75) is 32.6 Å². The van der Waals surface area contributed by atoms with Gasteiger partial charge in [-0.05, 0) is 36.6 Å². The molecule has 0 aliphatic carbocycles. The van der Waals surface area contributed by atoms with Crippen molar-refractivity contribution in [1.29, 1.82) is 0 Å². The predicted molar refractivity (Wildman–Crippen MR) is 109 cm³/mol. The predicted octanol–water partition coefficient (Wildman–Crippen LogP) is 5.30. The molecule has 3 heteroatoms. The fourth-order valence-corrected chi connectivity index (χ4v) is 3.00. The Morgan fingerprint density at radius 1 is 0.920 bits per heavy atom. The molecule has 1 heterocycles. The Balaban J connectivity index is 2.02. The third-order valence-corrected chi connectivity index (χ3v) is 4.45. The Labute approximate surface area is 149 Å². The van der Waals surface area contributed by atoms with Crippen LogP contribution in [0.4, 0.5) is 11.4 Å². The molecule has 0 bridgehead atoms. The number of anilines is 2. The van der Waals surface area contributed by atoms with Crippen LogP contribution in [-0.2, 0) is 6.42 Å². The van der Waals surface area contributed by atoms with E-state index in [1.165, 1.54) is 12.8 Å². The summed E-state index contributed by atoms with van der Waals surface area (Å²) in [6.45, 7) is 2.21. The van der Waals surface area contributed by atoms with E-state index in [0.717, 1.165) is 51.9 Å². The maximum atomic E-state index is 6.49. The number of hydrogen-bond donors (Lipinski definition) is 2. The van der Waals surface area contributed by atoms with Crippen molar-refractivity contribution in [2.24, 2.45) is 0 Å². The van der Waals surface area contributed by atoms with Gasteiger partial charge in [0.15, 0.2) is 0 Å². The Morgan fingerprint density at radius 3 is 2.44 bits per heavy atom. The Hall–Kier alpha value is -2.81. The highest BCUT2D eigenvalue weighted by Crippen LogP contribution is 2.28. The van der Waals surface area contributed by atoms with Gasteiger partial charge in [-0.1, -0.05) is 62.2 Å². The van der Waals surface area contributed by atoms with Gasteiger partial charge in [0, 0.05) is 16.6 Å². The van der Waals surface area contributed by atoms with Crippen molar-refractivity contribution >= 4 is 34.4 Å². The molecule has 0 spiro atoms. The standard InChI is InChI=1S/C22H25N3/c1-2-3-4-9-21-22(24)19(18-7-5-6-8-20(18)25-21)15-12-16-10-13-17(23)14-11-16/h5-8,10-15H,2-4,9,23-24H2,1H3. The second-order valence-corrected chi connectivity index (χ2v) is 6.36. The number of pyridine rings is 1. The van der Waals surface area contributed by atoms with Crippen molar-refractivity contribution in [1.82, 2.24) is 4.98 Å². The third-order valence-electron chi connectivity index (χ3n) is 4.45. The normalized spacial score (nSPS) is 11.4. The van der Waals surface area contributed by atoms with Gasteiger partial charge in [-0.25, -0.2) is 0 Å². The highest BCUT2D eigenvalue weighted by atomic mass is 14.8. The lowest BCUT2D eigenvalue weighted by Crippen LogP contribution is -2.02. The van der Waals surface area contributed by atoms with Crippen LogP contribution >= 0.6 is 0 Å². The summed E-state index contributed by atoms with van der Waals surface area (Å²) >= 11 is 0. The van der Waals surface area contributed by atoms with E-state index in [-0.39, 0.29) is 0 Å². The van der Waals surface area contributed by atoms with E-state index in [1.807, 2.05) is 36.4 Å². The molecule has 3 nitrogen and oxygen atoms in total. The summed E-state index contributed by atoms with van der Waals surface area (Å²) in [6, 6.07) is 16.0. The van der Waals surface area contributed by atoms with Crippen LogP contribution in [0.5, 0.6) is 0 Å². The molecule has 4 N–H and O–H groups in total. The van der Waals surface area contributed by atoms with Crippen LogP contribution in [0.25, 0.3) is 23.1 Å². The summed E-state index contributed by atoms with van der Waals surface area (Å²) in [5.74, 6) is 0. The first-order chi connectivity index (χ1) is 12.2. The van der Waals surface area contributed by atoms with Crippen LogP contribution in [0.2, 0.25) is 0 Å². The molecule has 3 rings (SSSR count). The summed E-state index contributed by atoms with van der Waals surface area (Å²) in [5.41, 5.74) is 18.0. The van der Waals surface area contributed by atoms with E-state index in [9.17, 15) is 0 Å². The van der Waals surface area contributed by atoms with Crippen LogP contribution in [-0.4, -0.2) is 4.98 Å². The molecule has 0 aliphatic rings. The number of hydrogen-bond acceptors (Lipinski definition) is 3. The number of aryl methyl sites for hydroxylation is 1. The van der Waals surface area contributed by atoms with Gasteiger partial charge in [-0.15, -0.1) is 0 Å². The molecule has 0 atom stereocenters. The molecule has 0 radical (unpaired) electrons. The Morgan fingerprint density at radius 2 is 1.68 bits per heavy atom. The summed E-state index contributed by atoms with van der Waals surface area (Å²) < 4.78 is 0. The van der Waals surface area contributed by atoms with E-state index in [4.69, 9.17) is 16.5 Å². The molecule has 128 valence electrons. The number of fused-ring (bicyclic) bond motifs is 1. The number of benzene rings is 2. The monoisotopic (exact) mass is 331 g/mol. The van der Waals surface area contributed by atoms with Gasteiger partial charge >= 0.3 is 0 Å². The molecule has 0 saturated carbocycles. The maximum absolute atomic E-state index is 6.49. The average Bonchev–Trinajstić information content (AvgIpc) is 2.63. The van der Waals surface area contributed by atoms with Gasteiger partial charge in [-0.3, -0.25) is 4.98 Å². The van der Waals surface area contributed by atoms with Crippen LogP contribution in [0.3, 0.4) is 0 Å². The quantitative estimate of drug-likeness (QED) is 0.475. The number of nitrogen functional groups attached to an aromatic ring is 2. The van der Waals surface area contributed by atoms with E-state index in [2.05, 4.69) is 31.2 Å². The third kappa shape index (κ3) is 4.00. The fraction of sp³-hybridized carbons (Fsp3) is 0.227. The first-order valence-corrected chi connectivity index (χ1v) is 8.89. The van der Waals surface area contributed by atoms with Crippen molar-refractivity contribution in [3.05, 3.63) is 65.4 Å². The summed E-state index contributed by atoms with van der Waals surface area (Å²) in [6.07, 6.45) is 8.60. The van der Waals surface area contributed by atoms with Crippen LogP contribution in [0, 0.1) is 0 Å². The highest BCUT2D eigenvalue weighted by Gasteiger charge is 2.10. The lowest BCUT2D eigenvalue weighted by Gasteiger charge is -2.12. The first-order valence-electron chi connectivity index (χ1n) is 8.89. The van der Waals surface area contributed by atoms with E-state index < -0.39 is 0 Å². The minimum atomic E-state index is 0.768. The van der Waals surface area contributed by atoms with Crippen LogP contribution < -0.4 is 11.5 Å². The SMILES string of the molecule is CCCCCc1nc2ccccc2c(C=Cc2ccc(N)cc2)c1N. The van der Waals surface area contributed by atoms with Crippen molar-refractivity contribution in [3.8, 4) is 0 Å². The lowest BCUT2D eigenvalue weighted by molar-refractivity contribution is 0.710. The second kappa shape index (κ2) is 7.84. The minimum absolute atomic E-state index is 0.768. The number of nitrogens with zero attached hydrogens (tertiary/aromatic N) is 1. The van der Waals surface area contributed by atoms with Gasteiger partial charge in [0.2, 0.25) is 0 Å². The molecular weight excluding hydrogens is 306 g/mol. The molecule has 0 fully saturated rings. The molecule has 0 amide bonds. The maximum Gasteiger partial charge on any atom is 0.0713 e. The average molecular weight is 331 g/mol. The van der Waals surface area contributed by atoms with E-state index in [0.29, 0.717) is 0 Å². The molecule has 3 aromatic rings. The number of rotatable bonds is 6. The highest BCUT2D eigenvalue weighted by molar-refractivity contribution is 5.96. The van der Waals surface area contributed by atoms with Gasteiger partial charge in [0.05, 0.1) is 16.9 Å². The molecule has 0 saturated heterocycles. The van der Waals surface area contributed by atoms with Crippen molar-refractivity contribution in [2.75, 3.05) is 11.5 Å². The molecule has 0 aliphatic heterocycles. The first kappa shape index (κ1) is 17.0. The summed E-state index contributed by atoms with van der Waals surface area (Å²) in [7, 11) is 0. The van der Waals surface area contributed by atoms with Gasteiger partial charge in [-0.2, -0.15) is 0 Å². The fourth-order valence-electron chi connectivity index (χ4n) is 3.00. The topological polar surface area (TPSA) is 64.9 Å². The molecule has 1 aromatic heterocycles. The van der Waals surface area contributed by atoms with Crippen molar-refractivity contribution < 1.29 is 0 Å². The van der Waals surface area contributed by atoms with Gasteiger partial charge in [0.25, 0.3) is 0 Å². The van der Waals surface area contributed by atoms with Gasteiger partial charge < -0.3 is 11.5 Å². The lowest BCUT2D eigenvalue weighted by atomic mass is 10.0. The molecule has 0 unspecified atom stereocenters. The number of aromatic nitrogens is 1. The zero-order valence-electron chi connectivity index (χ0n) is 14.7. The number of para-hydroxylation sites is 1. The second-order valence-electron chi connectivity index (χ2n) is 6.36. The zero-order valence-corrected chi connectivity index (χ0v) is 14.7. The summed E-state index contributed by atoms with van der Waals surface area (Å²) in [4.78, 5) is 4.80. The number of nitrogens with two attached hydrogens (primary N) is 2. The van der Waals surface area contributed by atoms with Crippen LogP contribution in [0.1, 0.15) is 43.0 Å². The van der Waals surface area contributed by atoms with Crippen LogP contribution in [0.15, 0.2) is 48.5 Å². The molecular formula is C22H25N3. The molecule has 25 heavy (non-hydrogen) atoms. The zero-order chi connectivity index (χ0) is 17.6. The van der Waals surface area contributed by atoms with E-state index >= 15 is 0 Å². The molecule has 2 aromatic carbocycles. The smallest absolute Gasteiger partial charge is 0.0713 e. The van der Waals surface area contributed by atoms with Crippen molar-refractivity contribution in [3.63, 3.8) is 0 Å². The van der Waals surface area contributed by atoms with E-state index in [1.54, 1.807) is 0 Å². The Kier molecular flexibility index (Phi) is 5.34.